The number of halogens is 1. The lowest BCUT2D eigenvalue weighted by Crippen LogP contribution is -2.55. The number of thiophene rings is 1. The van der Waals surface area contributed by atoms with Gasteiger partial charge in [-0.1, -0.05) is 41.9 Å². The molecule has 4 fully saturated rings. The summed E-state index contributed by atoms with van der Waals surface area (Å²) < 4.78 is 28.4. The Morgan fingerprint density at radius 2 is 1.86 bits per heavy atom. The zero-order chi connectivity index (χ0) is 29.3. The number of likely N-dealkylation sites (tertiary alicyclic amines) is 3. The number of nitrogens with zero attached hydrogens (tertiary/aromatic N) is 3. The number of hydrogen-bond acceptors (Lipinski definition) is 6. The summed E-state index contributed by atoms with van der Waals surface area (Å²) in [5.41, 5.74) is 1.41. The third-order valence-electron chi connectivity index (χ3n) is 9.31. The van der Waals surface area contributed by atoms with Crippen LogP contribution in [-0.2, 0) is 26.0 Å². The Kier molecular flexibility index (Phi) is 9.07. The third-order valence-corrected chi connectivity index (χ3v) is 11.6. The van der Waals surface area contributed by atoms with Crippen LogP contribution >= 0.6 is 22.9 Å². The van der Waals surface area contributed by atoms with Crippen molar-refractivity contribution in [2.45, 2.75) is 50.6 Å². The van der Waals surface area contributed by atoms with E-state index in [4.69, 9.17) is 11.6 Å². The average Bonchev–Trinajstić information content (AvgIpc) is 3.48. The highest BCUT2D eigenvalue weighted by Crippen LogP contribution is 2.50. The van der Waals surface area contributed by atoms with Crippen molar-refractivity contribution in [1.29, 1.82) is 0 Å². The van der Waals surface area contributed by atoms with Gasteiger partial charge in [-0.25, -0.2) is 8.42 Å². The summed E-state index contributed by atoms with van der Waals surface area (Å²) >= 11 is 7.20. The van der Waals surface area contributed by atoms with Crippen molar-refractivity contribution in [2.75, 3.05) is 39.3 Å². The SMILES string of the molecule is O=C1[C@@H](NS(=O)(=O)/C=C/c2ccc(Cl)s2)CCCN1CC(=O)N1CC2CC2C1CN1CCC(Cc2ccccc2)CC1. The van der Waals surface area contributed by atoms with E-state index in [9.17, 15) is 18.0 Å². The molecule has 1 saturated carbocycles. The van der Waals surface area contributed by atoms with Gasteiger partial charge in [-0.2, -0.15) is 4.72 Å². The fourth-order valence-corrected chi connectivity index (χ4v) is 9.02. The minimum Gasteiger partial charge on any atom is -0.336 e. The predicted octanol–water partition coefficient (Wildman–Crippen LogP) is 4.08. The molecule has 0 bridgehead atoms. The summed E-state index contributed by atoms with van der Waals surface area (Å²) in [6, 6.07) is 13.5. The number of nitrogens with one attached hydrogen (secondary N) is 1. The van der Waals surface area contributed by atoms with Gasteiger partial charge in [0.15, 0.2) is 0 Å². The molecule has 1 aromatic carbocycles. The van der Waals surface area contributed by atoms with Crippen molar-refractivity contribution in [1.82, 2.24) is 19.4 Å². The Hall–Kier alpha value is -2.24. The lowest BCUT2D eigenvalue weighted by Gasteiger charge is -2.38. The van der Waals surface area contributed by atoms with Gasteiger partial charge in [0.2, 0.25) is 21.8 Å². The Morgan fingerprint density at radius 1 is 1.07 bits per heavy atom. The minimum atomic E-state index is -3.83. The molecule has 226 valence electrons. The smallest absolute Gasteiger partial charge is 0.242 e. The Morgan fingerprint density at radius 3 is 2.60 bits per heavy atom. The molecule has 0 radical (unpaired) electrons. The number of amides is 2. The van der Waals surface area contributed by atoms with E-state index in [0.717, 1.165) is 38.0 Å². The second-order valence-electron chi connectivity index (χ2n) is 12.3. The highest BCUT2D eigenvalue weighted by molar-refractivity contribution is 7.92. The van der Waals surface area contributed by atoms with Crippen molar-refractivity contribution in [3.63, 3.8) is 0 Å². The summed E-state index contributed by atoms with van der Waals surface area (Å²) in [7, 11) is -3.83. The average molecular weight is 631 g/mol. The van der Waals surface area contributed by atoms with Crippen molar-refractivity contribution in [3.05, 3.63) is 62.6 Å². The van der Waals surface area contributed by atoms with E-state index in [1.165, 1.54) is 47.1 Å². The second kappa shape index (κ2) is 12.8. The van der Waals surface area contributed by atoms with Gasteiger partial charge in [0, 0.05) is 36.0 Å². The fourth-order valence-electron chi connectivity index (χ4n) is 6.95. The number of carbonyl (C=O) groups excluding carboxylic acids is 2. The predicted molar refractivity (Wildman–Crippen MR) is 166 cm³/mol. The highest BCUT2D eigenvalue weighted by Gasteiger charge is 2.54. The molecule has 1 aromatic heterocycles. The molecule has 2 amide bonds. The van der Waals surface area contributed by atoms with Crippen LogP contribution in [0.2, 0.25) is 4.34 Å². The van der Waals surface area contributed by atoms with Crippen molar-refractivity contribution in [2.24, 2.45) is 17.8 Å². The summed E-state index contributed by atoms with van der Waals surface area (Å²) in [4.78, 5) is 33.6. The van der Waals surface area contributed by atoms with Gasteiger partial charge in [-0.15, -0.1) is 11.3 Å². The van der Waals surface area contributed by atoms with E-state index < -0.39 is 16.1 Å². The maximum absolute atomic E-state index is 13.5. The lowest BCUT2D eigenvalue weighted by molar-refractivity contribution is -0.144. The molecule has 4 atom stereocenters. The summed E-state index contributed by atoms with van der Waals surface area (Å²) in [6.45, 7) is 4.28. The Labute approximate surface area is 257 Å². The van der Waals surface area contributed by atoms with Gasteiger partial charge < -0.3 is 14.7 Å². The monoisotopic (exact) mass is 630 g/mol. The second-order valence-corrected chi connectivity index (χ2v) is 15.6. The molecule has 4 heterocycles. The first kappa shape index (κ1) is 29.8. The molecule has 1 N–H and O–H groups in total. The molecule has 6 rings (SSSR count). The van der Waals surface area contributed by atoms with E-state index in [0.29, 0.717) is 46.4 Å². The van der Waals surface area contributed by atoms with Gasteiger partial charge in [-0.3, -0.25) is 9.59 Å². The van der Waals surface area contributed by atoms with Crippen LogP contribution in [0, 0.1) is 17.8 Å². The van der Waals surface area contributed by atoms with E-state index in [1.807, 2.05) is 4.90 Å². The number of carbonyl (C=O) groups is 2. The molecular formula is C31H39ClN4O4S2. The fraction of sp³-hybridized carbons (Fsp3) is 0.548. The maximum atomic E-state index is 13.5. The molecule has 0 spiro atoms. The first-order valence-electron chi connectivity index (χ1n) is 15.0. The van der Waals surface area contributed by atoms with Crippen LogP contribution in [0.3, 0.4) is 0 Å². The molecule has 2 aromatic rings. The normalized spacial score (nSPS) is 27.1. The zero-order valence-corrected chi connectivity index (χ0v) is 26.1. The molecule has 3 aliphatic heterocycles. The van der Waals surface area contributed by atoms with Crippen LogP contribution in [0.1, 0.15) is 42.5 Å². The number of hydrogen-bond donors (Lipinski definition) is 1. The van der Waals surface area contributed by atoms with Crippen LogP contribution in [0.25, 0.3) is 6.08 Å². The standard InChI is InChI=1S/C31H39ClN4O4S2/c32-29-9-8-25(41-29)12-16-42(39,40)33-27-7-4-13-35(31(27)38)21-30(37)36-19-24-18-26(24)28(36)20-34-14-10-23(11-15-34)17-22-5-2-1-3-6-22/h1-3,5-6,8-9,12,16,23-24,26-28,33H,4,7,10-11,13-15,17-21H2/b16-12+/t24?,26?,27-,28?/m0/s1. The third kappa shape index (κ3) is 7.27. The van der Waals surface area contributed by atoms with Gasteiger partial charge >= 0.3 is 0 Å². The van der Waals surface area contributed by atoms with Crippen molar-refractivity contribution < 1.29 is 18.0 Å². The Bertz CT molecular complexity index is 1410. The number of benzene rings is 1. The van der Waals surface area contributed by atoms with E-state index in [1.54, 1.807) is 12.1 Å². The van der Waals surface area contributed by atoms with E-state index in [2.05, 4.69) is 40.0 Å². The molecule has 3 saturated heterocycles. The van der Waals surface area contributed by atoms with Crippen LogP contribution in [0.15, 0.2) is 47.9 Å². The van der Waals surface area contributed by atoms with Crippen LogP contribution in [-0.4, -0.2) is 86.3 Å². The molecule has 3 unspecified atom stereocenters. The number of rotatable bonds is 10. The molecule has 4 aliphatic rings. The van der Waals surface area contributed by atoms with Crippen LogP contribution in [0.4, 0.5) is 0 Å². The molecular weight excluding hydrogens is 592 g/mol. The number of piperidine rings is 3. The summed E-state index contributed by atoms with van der Waals surface area (Å²) in [5, 5.41) is 1.07. The van der Waals surface area contributed by atoms with Gasteiger partial charge in [0.1, 0.15) is 6.04 Å². The summed E-state index contributed by atoms with van der Waals surface area (Å²) in [5.74, 6) is 1.51. The zero-order valence-electron chi connectivity index (χ0n) is 23.7. The maximum Gasteiger partial charge on any atom is 0.242 e. The molecule has 8 nitrogen and oxygen atoms in total. The lowest BCUT2D eigenvalue weighted by atomic mass is 9.90. The van der Waals surface area contributed by atoms with Crippen LogP contribution < -0.4 is 4.72 Å². The molecule has 42 heavy (non-hydrogen) atoms. The number of fused-ring (bicyclic) bond motifs is 1. The van der Waals surface area contributed by atoms with Crippen molar-refractivity contribution >= 4 is 50.9 Å². The van der Waals surface area contributed by atoms with Crippen molar-refractivity contribution in [3.8, 4) is 0 Å². The van der Waals surface area contributed by atoms with Gasteiger partial charge in [0.25, 0.3) is 0 Å². The Balaban J connectivity index is 1.00. The first-order chi connectivity index (χ1) is 20.2. The molecule has 11 heteroatoms. The summed E-state index contributed by atoms with van der Waals surface area (Å²) in [6.07, 6.45) is 7.21. The largest absolute Gasteiger partial charge is 0.336 e. The minimum absolute atomic E-state index is 0.00961. The topological polar surface area (TPSA) is 90.0 Å². The molecule has 1 aliphatic carbocycles. The van der Waals surface area contributed by atoms with E-state index >= 15 is 0 Å². The highest BCUT2D eigenvalue weighted by atomic mass is 35.5. The number of sulfonamides is 1. The quantitative estimate of drug-likeness (QED) is 0.427. The first-order valence-corrected chi connectivity index (χ1v) is 17.8. The van der Waals surface area contributed by atoms with Gasteiger partial charge in [0.05, 0.1) is 10.9 Å². The van der Waals surface area contributed by atoms with Gasteiger partial charge in [-0.05, 0) is 93.1 Å². The van der Waals surface area contributed by atoms with Crippen LogP contribution in [0.5, 0.6) is 0 Å². The van der Waals surface area contributed by atoms with E-state index in [-0.39, 0.29) is 24.4 Å².